The van der Waals surface area contributed by atoms with Crippen molar-refractivity contribution in [1.82, 2.24) is 10.2 Å². The van der Waals surface area contributed by atoms with Crippen LogP contribution in [0.1, 0.15) is 25.7 Å². The number of piperidine rings is 3. The van der Waals surface area contributed by atoms with Crippen molar-refractivity contribution < 1.29 is 5.21 Å². The van der Waals surface area contributed by atoms with Crippen LogP contribution in [0.15, 0.2) is 5.16 Å². The first kappa shape index (κ1) is 11.7. The first-order chi connectivity index (χ1) is 7.79. The minimum atomic E-state index is 0.329. The van der Waals surface area contributed by atoms with Crippen LogP contribution in [0.5, 0.6) is 0 Å². The summed E-state index contributed by atoms with van der Waals surface area (Å²) in [7, 11) is 0. The Labute approximate surface area is 96.7 Å². The second kappa shape index (κ2) is 5.50. The van der Waals surface area contributed by atoms with E-state index < -0.39 is 0 Å². The maximum atomic E-state index is 8.40. The summed E-state index contributed by atoms with van der Waals surface area (Å²) in [5.41, 5.74) is 5.42. The van der Waals surface area contributed by atoms with Crippen molar-refractivity contribution in [3.05, 3.63) is 0 Å². The Morgan fingerprint density at radius 2 is 2.19 bits per heavy atom. The van der Waals surface area contributed by atoms with Crippen LogP contribution in [0.25, 0.3) is 0 Å². The number of nitrogens with two attached hydrogens (primary N) is 1. The monoisotopic (exact) mass is 226 g/mol. The van der Waals surface area contributed by atoms with E-state index in [1.54, 1.807) is 0 Å². The van der Waals surface area contributed by atoms with Gasteiger partial charge in [-0.2, -0.15) is 0 Å². The number of hydrogen-bond donors (Lipinski definition) is 3. The smallest absolute Gasteiger partial charge is 0.139 e. The summed E-state index contributed by atoms with van der Waals surface area (Å²) < 4.78 is 0. The molecule has 1 unspecified atom stereocenters. The molecule has 0 aromatic heterocycles. The van der Waals surface area contributed by atoms with Crippen LogP contribution >= 0.6 is 0 Å². The quantitative estimate of drug-likeness (QED) is 0.206. The second-order valence-electron chi connectivity index (χ2n) is 4.89. The van der Waals surface area contributed by atoms with E-state index in [1.165, 1.54) is 32.5 Å². The Hall–Kier alpha value is -0.810. The van der Waals surface area contributed by atoms with E-state index in [0.717, 1.165) is 18.9 Å². The van der Waals surface area contributed by atoms with Gasteiger partial charge in [-0.25, -0.2) is 0 Å². The van der Waals surface area contributed by atoms with Crippen LogP contribution in [0.4, 0.5) is 0 Å². The highest BCUT2D eigenvalue weighted by Crippen LogP contribution is 2.27. The molecule has 3 heterocycles. The molecule has 5 nitrogen and oxygen atoms in total. The summed E-state index contributed by atoms with van der Waals surface area (Å²) in [6.45, 7) is 4.74. The van der Waals surface area contributed by atoms with Crippen molar-refractivity contribution in [2.75, 3.05) is 26.2 Å². The van der Waals surface area contributed by atoms with Crippen molar-refractivity contribution >= 4 is 5.84 Å². The number of nitrogens with one attached hydrogen (secondary N) is 1. The van der Waals surface area contributed by atoms with Crippen LogP contribution < -0.4 is 11.1 Å². The maximum absolute atomic E-state index is 8.40. The average Bonchev–Trinajstić information content (AvgIpc) is 2.36. The highest BCUT2D eigenvalue weighted by atomic mass is 16.4. The zero-order valence-electron chi connectivity index (χ0n) is 9.73. The highest BCUT2D eigenvalue weighted by Gasteiger charge is 2.33. The van der Waals surface area contributed by atoms with Crippen LogP contribution in [0, 0.1) is 5.92 Å². The third-order valence-electron chi connectivity index (χ3n) is 3.80. The van der Waals surface area contributed by atoms with E-state index in [1.807, 2.05) is 0 Å². The fourth-order valence-corrected chi connectivity index (χ4v) is 2.80. The molecule has 3 fully saturated rings. The summed E-state index contributed by atoms with van der Waals surface area (Å²) >= 11 is 0. The molecular formula is C11H22N4O. The summed E-state index contributed by atoms with van der Waals surface area (Å²) in [5.74, 6) is 1.20. The van der Waals surface area contributed by atoms with Gasteiger partial charge in [0.1, 0.15) is 5.84 Å². The lowest BCUT2D eigenvalue weighted by Gasteiger charge is -2.45. The Morgan fingerprint density at radius 3 is 2.75 bits per heavy atom. The number of fused-ring (bicyclic) bond motifs is 3. The lowest BCUT2D eigenvalue weighted by Crippen LogP contribution is -2.56. The summed E-state index contributed by atoms with van der Waals surface area (Å²) in [4.78, 5) is 2.54. The Bertz CT molecular complexity index is 248. The Morgan fingerprint density at radius 1 is 1.44 bits per heavy atom. The van der Waals surface area contributed by atoms with Crippen molar-refractivity contribution in [3.8, 4) is 0 Å². The SMILES string of the molecule is NC(CCCNC1CN2CCC1CC2)=NO. The molecule has 0 amide bonds. The zero-order valence-corrected chi connectivity index (χ0v) is 9.73. The molecule has 3 rings (SSSR count). The Kier molecular flexibility index (Phi) is 4.01. The first-order valence-corrected chi connectivity index (χ1v) is 6.21. The maximum Gasteiger partial charge on any atom is 0.139 e. The van der Waals surface area contributed by atoms with Gasteiger partial charge in [-0.15, -0.1) is 0 Å². The number of hydrogen-bond acceptors (Lipinski definition) is 4. The molecule has 0 saturated carbocycles. The summed E-state index contributed by atoms with van der Waals surface area (Å²) in [5, 5.41) is 15.0. The van der Waals surface area contributed by atoms with E-state index >= 15 is 0 Å². The molecule has 0 aliphatic carbocycles. The molecule has 3 aliphatic heterocycles. The minimum absolute atomic E-state index is 0.329. The molecule has 2 bridgehead atoms. The largest absolute Gasteiger partial charge is 0.409 e. The third kappa shape index (κ3) is 2.86. The van der Waals surface area contributed by atoms with Gasteiger partial charge < -0.3 is 21.2 Å². The van der Waals surface area contributed by atoms with Gasteiger partial charge in [0.05, 0.1) is 0 Å². The molecule has 0 aromatic rings. The van der Waals surface area contributed by atoms with Crippen LogP contribution in [0.3, 0.4) is 0 Å². The standard InChI is InChI=1S/C11H22N4O/c12-11(14-16)2-1-5-13-10-8-15-6-3-9(10)4-7-15/h9-10,13,16H,1-8H2,(H2,12,14). The molecule has 0 radical (unpaired) electrons. The minimum Gasteiger partial charge on any atom is -0.409 e. The predicted molar refractivity (Wildman–Crippen MR) is 63.6 cm³/mol. The van der Waals surface area contributed by atoms with Gasteiger partial charge in [0.15, 0.2) is 0 Å². The second-order valence-corrected chi connectivity index (χ2v) is 4.89. The van der Waals surface area contributed by atoms with E-state index in [-0.39, 0.29) is 0 Å². The molecule has 0 spiro atoms. The number of nitrogens with zero attached hydrogens (tertiary/aromatic N) is 2. The van der Waals surface area contributed by atoms with Crippen molar-refractivity contribution in [2.45, 2.75) is 31.7 Å². The van der Waals surface area contributed by atoms with Gasteiger partial charge in [-0.3, -0.25) is 0 Å². The lowest BCUT2D eigenvalue weighted by atomic mass is 9.84. The average molecular weight is 226 g/mol. The molecule has 92 valence electrons. The first-order valence-electron chi connectivity index (χ1n) is 6.21. The number of oxime groups is 1. The van der Waals surface area contributed by atoms with E-state index in [4.69, 9.17) is 10.9 Å². The van der Waals surface area contributed by atoms with Gasteiger partial charge in [0.25, 0.3) is 0 Å². The fourth-order valence-electron chi connectivity index (χ4n) is 2.80. The van der Waals surface area contributed by atoms with Crippen molar-refractivity contribution in [1.29, 1.82) is 0 Å². The predicted octanol–water partition coefficient (Wildman–Crippen LogP) is 0.197. The molecule has 16 heavy (non-hydrogen) atoms. The molecular weight excluding hydrogens is 204 g/mol. The van der Waals surface area contributed by atoms with E-state index in [2.05, 4.69) is 15.4 Å². The Balaban J connectivity index is 1.63. The van der Waals surface area contributed by atoms with Gasteiger partial charge in [0.2, 0.25) is 0 Å². The topological polar surface area (TPSA) is 73.9 Å². The zero-order chi connectivity index (χ0) is 11.4. The molecule has 4 N–H and O–H groups in total. The van der Waals surface area contributed by atoms with Crippen LogP contribution in [0.2, 0.25) is 0 Å². The molecule has 3 saturated heterocycles. The van der Waals surface area contributed by atoms with Gasteiger partial charge in [0, 0.05) is 19.0 Å². The van der Waals surface area contributed by atoms with Crippen LogP contribution in [-0.2, 0) is 0 Å². The molecule has 1 atom stereocenters. The highest BCUT2D eigenvalue weighted by molar-refractivity contribution is 5.79. The number of amidine groups is 1. The number of rotatable bonds is 5. The van der Waals surface area contributed by atoms with Gasteiger partial charge in [-0.1, -0.05) is 5.16 Å². The van der Waals surface area contributed by atoms with E-state index in [0.29, 0.717) is 18.3 Å². The van der Waals surface area contributed by atoms with E-state index in [9.17, 15) is 0 Å². The summed E-state index contributed by atoms with van der Waals surface area (Å²) in [6, 6.07) is 0.662. The molecule has 3 aliphatic rings. The van der Waals surface area contributed by atoms with Crippen molar-refractivity contribution in [3.63, 3.8) is 0 Å². The summed E-state index contributed by atoms with van der Waals surface area (Å²) in [6.07, 6.45) is 4.31. The van der Waals surface area contributed by atoms with Gasteiger partial charge in [-0.05, 0) is 44.8 Å². The fraction of sp³-hybridized carbons (Fsp3) is 0.909. The normalized spacial score (nSPS) is 34.2. The van der Waals surface area contributed by atoms with Crippen molar-refractivity contribution in [2.24, 2.45) is 16.8 Å². The molecule has 0 aromatic carbocycles. The molecule has 5 heteroatoms. The third-order valence-corrected chi connectivity index (χ3v) is 3.80. The van der Waals surface area contributed by atoms with Crippen LogP contribution in [-0.4, -0.2) is 48.2 Å². The van der Waals surface area contributed by atoms with Gasteiger partial charge >= 0.3 is 0 Å². The lowest BCUT2D eigenvalue weighted by molar-refractivity contribution is 0.0729.